The lowest BCUT2D eigenvalue weighted by atomic mass is 9.86. The number of hydrogen-bond donors (Lipinski definition) is 1. The second-order valence-electron chi connectivity index (χ2n) is 2.95. The van der Waals surface area contributed by atoms with Gasteiger partial charge in [0.2, 0.25) is 0 Å². The first-order valence-corrected chi connectivity index (χ1v) is 3.69. The second kappa shape index (κ2) is 3.02. The van der Waals surface area contributed by atoms with Crippen LogP contribution in [0, 0.1) is 5.92 Å². The number of nitrogens with two attached hydrogens (primary N) is 1. The maximum Gasteiger partial charge on any atom is -0.00458 e. The molecule has 1 saturated carbocycles. The Morgan fingerprint density at radius 3 is 2.89 bits per heavy atom. The topological polar surface area (TPSA) is 26.0 Å². The average molecular weight is 125 g/mol. The molecule has 0 bridgehead atoms. The minimum Gasteiger partial charge on any atom is -0.330 e. The minimum absolute atomic E-state index is 0.742. The Hall–Kier alpha value is -0.300. The van der Waals surface area contributed by atoms with E-state index in [1.54, 1.807) is 0 Å². The summed E-state index contributed by atoms with van der Waals surface area (Å²) in [4.78, 5) is 0. The molecule has 1 heteroatoms. The lowest BCUT2D eigenvalue weighted by molar-refractivity contribution is 0.428. The molecule has 0 aliphatic heterocycles. The van der Waals surface area contributed by atoms with Crippen molar-refractivity contribution in [3.8, 4) is 0 Å². The summed E-state index contributed by atoms with van der Waals surface area (Å²) in [5.74, 6) is 0.742. The van der Waals surface area contributed by atoms with Crippen LogP contribution in [0.5, 0.6) is 0 Å². The van der Waals surface area contributed by atoms with Gasteiger partial charge in [0.15, 0.2) is 0 Å². The van der Waals surface area contributed by atoms with Crippen LogP contribution in [0.2, 0.25) is 0 Å². The van der Waals surface area contributed by atoms with E-state index in [0.29, 0.717) is 0 Å². The highest BCUT2D eigenvalue weighted by Gasteiger charge is 2.13. The molecule has 1 atom stereocenters. The summed E-state index contributed by atoms with van der Waals surface area (Å²) in [6, 6.07) is 0. The van der Waals surface area contributed by atoms with E-state index in [4.69, 9.17) is 5.73 Å². The van der Waals surface area contributed by atoms with Crippen LogP contribution < -0.4 is 5.73 Å². The molecule has 0 amide bonds. The Morgan fingerprint density at radius 2 is 2.44 bits per heavy atom. The lowest BCUT2D eigenvalue weighted by Gasteiger charge is -2.21. The fourth-order valence-electron chi connectivity index (χ4n) is 1.45. The van der Waals surface area contributed by atoms with Crippen LogP contribution in [-0.2, 0) is 0 Å². The monoisotopic (exact) mass is 125 g/mol. The summed E-state index contributed by atoms with van der Waals surface area (Å²) in [6.45, 7) is 4.80. The highest BCUT2D eigenvalue weighted by Crippen LogP contribution is 2.25. The van der Waals surface area contributed by atoms with Crippen molar-refractivity contribution in [2.45, 2.75) is 25.7 Å². The molecule has 0 aromatic carbocycles. The van der Waals surface area contributed by atoms with Crippen LogP contribution in [0.4, 0.5) is 0 Å². The molecule has 1 fully saturated rings. The third-order valence-corrected chi connectivity index (χ3v) is 2.05. The Balaban J connectivity index is 2.32. The fourth-order valence-corrected chi connectivity index (χ4v) is 1.45. The zero-order chi connectivity index (χ0) is 6.69. The molecule has 0 radical (unpaired) electrons. The van der Waals surface area contributed by atoms with Crippen LogP contribution in [0.25, 0.3) is 0 Å². The average Bonchev–Trinajstić information content (AvgIpc) is 1.88. The van der Waals surface area contributed by atoms with Crippen molar-refractivity contribution in [3.63, 3.8) is 0 Å². The molecule has 1 rings (SSSR count). The van der Waals surface area contributed by atoms with Crippen LogP contribution in [0.15, 0.2) is 12.2 Å². The van der Waals surface area contributed by atoms with Gasteiger partial charge in [-0.05, 0) is 38.1 Å². The van der Waals surface area contributed by atoms with E-state index in [1.807, 2.05) is 0 Å². The summed E-state index contributed by atoms with van der Waals surface area (Å²) >= 11 is 0. The standard InChI is InChI=1S/C8H15N/c1-7-3-2-4-8(5-7)6-9/h8H,1-6,9H2/t8-/m0/s1. The maximum atomic E-state index is 5.52. The van der Waals surface area contributed by atoms with Gasteiger partial charge >= 0.3 is 0 Å². The quantitative estimate of drug-likeness (QED) is 0.530. The van der Waals surface area contributed by atoms with Gasteiger partial charge in [-0.25, -0.2) is 0 Å². The SMILES string of the molecule is C=C1CCC[C@H](CN)C1. The van der Waals surface area contributed by atoms with Crippen LogP contribution in [0.1, 0.15) is 25.7 Å². The molecule has 52 valence electrons. The van der Waals surface area contributed by atoms with E-state index in [1.165, 1.54) is 31.3 Å². The van der Waals surface area contributed by atoms with Gasteiger partial charge in [-0.15, -0.1) is 0 Å². The molecular weight excluding hydrogens is 110 g/mol. The van der Waals surface area contributed by atoms with E-state index >= 15 is 0 Å². The van der Waals surface area contributed by atoms with Gasteiger partial charge in [0.05, 0.1) is 0 Å². The Labute approximate surface area is 56.9 Å². The normalized spacial score (nSPS) is 28.6. The van der Waals surface area contributed by atoms with Crippen molar-refractivity contribution >= 4 is 0 Å². The van der Waals surface area contributed by atoms with Gasteiger partial charge < -0.3 is 5.73 Å². The van der Waals surface area contributed by atoms with Crippen molar-refractivity contribution in [3.05, 3.63) is 12.2 Å². The van der Waals surface area contributed by atoms with Gasteiger partial charge in [0.25, 0.3) is 0 Å². The molecular formula is C8H15N. The fraction of sp³-hybridized carbons (Fsp3) is 0.750. The molecule has 0 aromatic rings. The molecule has 1 aliphatic carbocycles. The van der Waals surface area contributed by atoms with Crippen molar-refractivity contribution in [1.82, 2.24) is 0 Å². The highest BCUT2D eigenvalue weighted by molar-refractivity contribution is 4.99. The first-order valence-electron chi connectivity index (χ1n) is 3.69. The zero-order valence-electron chi connectivity index (χ0n) is 5.90. The number of allylic oxidation sites excluding steroid dienone is 1. The van der Waals surface area contributed by atoms with Crippen LogP contribution >= 0.6 is 0 Å². The van der Waals surface area contributed by atoms with Crippen molar-refractivity contribution in [2.75, 3.05) is 6.54 Å². The number of rotatable bonds is 1. The summed E-state index contributed by atoms with van der Waals surface area (Å²) in [7, 11) is 0. The molecule has 1 aliphatic rings. The third-order valence-electron chi connectivity index (χ3n) is 2.05. The van der Waals surface area contributed by atoms with Crippen molar-refractivity contribution in [1.29, 1.82) is 0 Å². The number of hydrogen-bond acceptors (Lipinski definition) is 1. The molecule has 0 aromatic heterocycles. The lowest BCUT2D eigenvalue weighted by Crippen LogP contribution is -2.17. The Bertz CT molecular complexity index is 107. The van der Waals surface area contributed by atoms with Crippen LogP contribution in [0.3, 0.4) is 0 Å². The molecule has 0 heterocycles. The first-order chi connectivity index (χ1) is 4.33. The Morgan fingerprint density at radius 1 is 1.67 bits per heavy atom. The predicted molar refractivity (Wildman–Crippen MR) is 40.2 cm³/mol. The molecule has 1 nitrogen and oxygen atoms in total. The molecule has 2 N–H and O–H groups in total. The van der Waals surface area contributed by atoms with E-state index in [0.717, 1.165) is 12.5 Å². The third kappa shape index (κ3) is 1.83. The largest absolute Gasteiger partial charge is 0.330 e. The van der Waals surface area contributed by atoms with Gasteiger partial charge in [-0.1, -0.05) is 12.2 Å². The van der Waals surface area contributed by atoms with Gasteiger partial charge in [-0.3, -0.25) is 0 Å². The molecule has 9 heavy (non-hydrogen) atoms. The summed E-state index contributed by atoms with van der Waals surface area (Å²) in [5.41, 5.74) is 6.92. The Kier molecular flexibility index (Phi) is 2.29. The van der Waals surface area contributed by atoms with Crippen LogP contribution in [-0.4, -0.2) is 6.54 Å². The van der Waals surface area contributed by atoms with E-state index in [9.17, 15) is 0 Å². The van der Waals surface area contributed by atoms with Crippen molar-refractivity contribution in [2.24, 2.45) is 11.7 Å². The maximum absolute atomic E-state index is 5.52. The molecule has 0 saturated heterocycles. The minimum atomic E-state index is 0.742. The smallest absolute Gasteiger partial charge is 0.00458 e. The second-order valence-corrected chi connectivity index (χ2v) is 2.95. The summed E-state index contributed by atoms with van der Waals surface area (Å²) < 4.78 is 0. The van der Waals surface area contributed by atoms with E-state index in [2.05, 4.69) is 6.58 Å². The molecule has 0 unspecified atom stereocenters. The first kappa shape index (κ1) is 6.81. The van der Waals surface area contributed by atoms with E-state index in [-0.39, 0.29) is 0 Å². The summed E-state index contributed by atoms with van der Waals surface area (Å²) in [6.07, 6.45) is 5.03. The summed E-state index contributed by atoms with van der Waals surface area (Å²) in [5, 5.41) is 0. The van der Waals surface area contributed by atoms with Gasteiger partial charge in [0.1, 0.15) is 0 Å². The zero-order valence-corrected chi connectivity index (χ0v) is 5.90. The van der Waals surface area contributed by atoms with E-state index < -0.39 is 0 Å². The van der Waals surface area contributed by atoms with Crippen molar-refractivity contribution < 1.29 is 0 Å². The highest BCUT2D eigenvalue weighted by atomic mass is 14.5. The van der Waals surface area contributed by atoms with Gasteiger partial charge in [0, 0.05) is 0 Å². The van der Waals surface area contributed by atoms with Gasteiger partial charge in [-0.2, -0.15) is 0 Å². The predicted octanol–water partition coefficient (Wildman–Crippen LogP) is 1.69. The molecule has 0 spiro atoms.